The number of hydrogen-bond acceptors (Lipinski definition) is 4. The largest absolute Gasteiger partial charge is 0.493 e. The van der Waals surface area contributed by atoms with Gasteiger partial charge in [0.1, 0.15) is 0 Å². The van der Waals surface area contributed by atoms with Crippen molar-refractivity contribution >= 4 is 5.97 Å². The standard InChI is InChI=1S/C10H10O5/c1-5-14-8-4-6(10(11)12)3-7(13-2)9(8)15-5/h3-5H,1-2H3,(H,11,12). The minimum Gasteiger partial charge on any atom is -0.493 e. The Kier molecular flexibility index (Phi) is 2.15. The Bertz CT molecular complexity index is 413. The SMILES string of the molecule is COc1cc(C(=O)O)cc2c1OC(C)O2. The van der Waals surface area contributed by atoms with Crippen LogP contribution in [0.5, 0.6) is 17.2 Å². The fourth-order valence-corrected chi connectivity index (χ4v) is 1.42. The van der Waals surface area contributed by atoms with Crippen LogP contribution in [0, 0.1) is 0 Å². The van der Waals surface area contributed by atoms with Gasteiger partial charge in [-0.3, -0.25) is 0 Å². The van der Waals surface area contributed by atoms with Crippen LogP contribution in [0.1, 0.15) is 17.3 Å². The molecule has 0 aliphatic carbocycles. The van der Waals surface area contributed by atoms with Crippen molar-refractivity contribution in [1.82, 2.24) is 0 Å². The summed E-state index contributed by atoms with van der Waals surface area (Å²) in [5, 5.41) is 8.85. The number of hydrogen-bond donors (Lipinski definition) is 1. The van der Waals surface area contributed by atoms with Gasteiger partial charge in [0.15, 0.2) is 11.5 Å². The summed E-state index contributed by atoms with van der Waals surface area (Å²) in [6, 6.07) is 2.83. The molecular weight excluding hydrogens is 200 g/mol. The third-order valence-electron chi connectivity index (χ3n) is 2.06. The van der Waals surface area contributed by atoms with E-state index in [0.717, 1.165) is 0 Å². The minimum absolute atomic E-state index is 0.114. The number of carboxylic acids is 1. The van der Waals surface area contributed by atoms with Gasteiger partial charge in [-0.25, -0.2) is 4.79 Å². The quantitative estimate of drug-likeness (QED) is 0.801. The number of fused-ring (bicyclic) bond motifs is 1. The highest BCUT2D eigenvalue weighted by Gasteiger charge is 2.26. The summed E-state index contributed by atoms with van der Waals surface area (Å²) >= 11 is 0. The molecule has 1 heterocycles. The highest BCUT2D eigenvalue weighted by molar-refractivity contribution is 5.89. The molecule has 0 amide bonds. The molecule has 2 rings (SSSR count). The van der Waals surface area contributed by atoms with E-state index in [1.54, 1.807) is 6.92 Å². The van der Waals surface area contributed by atoms with Crippen molar-refractivity contribution in [2.45, 2.75) is 13.2 Å². The van der Waals surface area contributed by atoms with Crippen LogP contribution in [-0.4, -0.2) is 24.5 Å². The average molecular weight is 210 g/mol. The van der Waals surface area contributed by atoms with Crippen molar-refractivity contribution in [3.8, 4) is 17.2 Å². The predicted molar refractivity (Wildman–Crippen MR) is 50.7 cm³/mol. The van der Waals surface area contributed by atoms with E-state index in [2.05, 4.69) is 0 Å². The molecule has 1 unspecified atom stereocenters. The van der Waals surface area contributed by atoms with Gasteiger partial charge in [0, 0.05) is 6.92 Å². The van der Waals surface area contributed by atoms with Crippen molar-refractivity contribution < 1.29 is 24.1 Å². The topological polar surface area (TPSA) is 65.0 Å². The molecule has 1 aromatic rings. The van der Waals surface area contributed by atoms with Gasteiger partial charge >= 0.3 is 5.97 Å². The number of carboxylic acid groups (broad SMARTS) is 1. The highest BCUT2D eigenvalue weighted by atomic mass is 16.7. The molecule has 15 heavy (non-hydrogen) atoms. The van der Waals surface area contributed by atoms with E-state index < -0.39 is 12.3 Å². The predicted octanol–water partition coefficient (Wildman–Crippen LogP) is 1.51. The number of benzene rings is 1. The number of methoxy groups -OCH3 is 1. The molecule has 1 aromatic carbocycles. The second-order valence-electron chi connectivity index (χ2n) is 3.11. The number of rotatable bonds is 2. The van der Waals surface area contributed by atoms with Crippen molar-refractivity contribution in [2.24, 2.45) is 0 Å². The number of ether oxygens (including phenoxy) is 3. The van der Waals surface area contributed by atoms with Crippen molar-refractivity contribution in [1.29, 1.82) is 0 Å². The van der Waals surface area contributed by atoms with Crippen LogP contribution < -0.4 is 14.2 Å². The average Bonchev–Trinajstić information content (AvgIpc) is 2.56. The molecule has 5 heteroatoms. The lowest BCUT2D eigenvalue weighted by Gasteiger charge is -2.05. The zero-order valence-corrected chi connectivity index (χ0v) is 8.31. The van der Waals surface area contributed by atoms with Crippen LogP contribution in [0.25, 0.3) is 0 Å². The van der Waals surface area contributed by atoms with Crippen LogP contribution in [0.15, 0.2) is 12.1 Å². The zero-order chi connectivity index (χ0) is 11.0. The fourth-order valence-electron chi connectivity index (χ4n) is 1.42. The second kappa shape index (κ2) is 3.34. The Morgan fingerprint density at radius 2 is 2.20 bits per heavy atom. The van der Waals surface area contributed by atoms with Gasteiger partial charge in [-0.2, -0.15) is 0 Å². The van der Waals surface area contributed by atoms with Crippen molar-refractivity contribution in [2.75, 3.05) is 7.11 Å². The Morgan fingerprint density at radius 3 is 2.80 bits per heavy atom. The van der Waals surface area contributed by atoms with Gasteiger partial charge in [0.05, 0.1) is 12.7 Å². The highest BCUT2D eigenvalue weighted by Crippen LogP contribution is 2.43. The lowest BCUT2D eigenvalue weighted by atomic mass is 10.2. The molecule has 1 atom stereocenters. The zero-order valence-electron chi connectivity index (χ0n) is 8.31. The minimum atomic E-state index is -1.03. The van der Waals surface area contributed by atoms with Crippen LogP contribution in [0.2, 0.25) is 0 Å². The monoisotopic (exact) mass is 210 g/mol. The van der Waals surface area contributed by atoms with Gasteiger partial charge in [-0.05, 0) is 12.1 Å². The van der Waals surface area contributed by atoms with Crippen LogP contribution >= 0.6 is 0 Å². The summed E-state index contributed by atoms with van der Waals surface area (Å²) in [6.45, 7) is 1.72. The van der Waals surface area contributed by atoms with Gasteiger partial charge in [0.25, 0.3) is 0 Å². The first-order valence-corrected chi connectivity index (χ1v) is 4.40. The number of carbonyl (C=O) groups is 1. The first-order valence-electron chi connectivity index (χ1n) is 4.40. The smallest absolute Gasteiger partial charge is 0.335 e. The third kappa shape index (κ3) is 1.56. The molecule has 80 valence electrons. The lowest BCUT2D eigenvalue weighted by molar-refractivity contribution is 0.0657. The fraction of sp³-hybridized carbons (Fsp3) is 0.300. The molecule has 0 saturated heterocycles. The summed E-state index contributed by atoms with van der Waals surface area (Å²) in [6.07, 6.45) is -0.419. The Labute approximate surface area is 86.2 Å². The van der Waals surface area contributed by atoms with Gasteiger partial charge < -0.3 is 19.3 Å². The molecular formula is C10H10O5. The van der Waals surface area contributed by atoms with Crippen molar-refractivity contribution in [3.63, 3.8) is 0 Å². The molecule has 1 aliphatic heterocycles. The molecule has 1 N–H and O–H groups in total. The maximum absolute atomic E-state index is 10.8. The van der Waals surface area contributed by atoms with Crippen molar-refractivity contribution in [3.05, 3.63) is 17.7 Å². The van der Waals surface area contributed by atoms with Crippen LogP contribution in [0.4, 0.5) is 0 Å². The van der Waals surface area contributed by atoms with Gasteiger partial charge in [-0.15, -0.1) is 0 Å². The van der Waals surface area contributed by atoms with E-state index in [1.807, 2.05) is 0 Å². The first kappa shape index (κ1) is 9.64. The maximum Gasteiger partial charge on any atom is 0.335 e. The molecule has 0 radical (unpaired) electrons. The van der Waals surface area contributed by atoms with Crippen LogP contribution in [-0.2, 0) is 0 Å². The van der Waals surface area contributed by atoms with E-state index in [4.69, 9.17) is 19.3 Å². The third-order valence-corrected chi connectivity index (χ3v) is 2.06. The normalized spacial score (nSPS) is 17.6. The Hall–Kier alpha value is -1.91. The molecule has 1 aliphatic rings. The summed E-state index contributed by atoms with van der Waals surface area (Å²) in [5.41, 5.74) is 0.114. The molecule has 0 fully saturated rings. The summed E-state index contributed by atoms with van der Waals surface area (Å²) in [4.78, 5) is 10.8. The van der Waals surface area contributed by atoms with Crippen LogP contribution in [0.3, 0.4) is 0 Å². The lowest BCUT2D eigenvalue weighted by Crippen LogP contribution is -2.11. The molecule has 5 nitrogen and oxygen atoms in total. The second-order valence-corrected chi connectivity index (χ2v) is 3.11. The summed E-state index contributed by atoms with van der Waals surface area (Å²) < 4.78 is 15.6. The van der Waals surface area contributed by atoms with Gasteiger partial charge in [-0.1, -0.05) is 0 Å². The summed E-state index contributed by atoms with van der Waals surface area (Å²) in [5.74, 6) is 0.197. The van der Waals surface area contributed by atoms with E-state index in [9.17, 15) is 4.79 Å². The van der Waals surface area contributed by atoms with E-state index in [-0.39, 0.29) is 5.56 Å². The molecule has 0 saturated carbocycles. The Balaban J connectivity index is 2.52. The Morgan fingerprint density at radius 1 is 1.47 bits per heavy atom. The van der Waals surface area contributed by atoms with E-state index in [1.165, 1.54) is 19.2 Å². The summed E-state index contributed by atoms with van der Waals surface area (Å²) in [7, 11) is 1.45. The van der Waals surface area contributed by atoms with E-state index in [0.29, 0.717) is 17.2 Å². The molecule has 0 aromatic heterocycles. The molecule has 0 bridgehead atoms. The molecule has 0 spiro atoms. The van der Waals surface area contributed by atoms with Gasteiger partial charge in [0.2, 0.25) is 12.0 Å². The maximum atomic E-state index is 10.8. The number of aromatic carboxylic acids is 1. The first-order chi connectivity index (χ1) is 7.11. The van der Waals surface area contributed by atoms with E-state index >= 15 is 0 Å².